The molecule has 1 saturated carbocycles. The number of rotatable bonds is 8. The van der Waals surface area contributed by atoms with Gasteiger partial charge in [0, 0.05) is 32.2 Å². The van der Waals surface area contributed by atoms with Gasteiger partial charge >= 0.3 is 5.69 Å². The number of fused-ring (bicyclic) bond motifs is 1. The molecule has 1 aromatic carbocycles. The molecule has 1 aliphatic carbocycles. The lowest BCUT2D eigenvalue weighted by Crippen LogP contribution is -2.49. The average Bonchev–Trinajstić information content (AvgIpc) is 3.61. The summed E-state index contributed by atoms with van der Waals surface area (Å²) in [6.07, 6.45) is 6.82. The van der Waals surface area contributed by atoms with Crippen LogP contribution in [0.1, 0.15) is 49.4 Å². The van der Waals surface area contributed by atoms with Crippen molar-refractivity contribution in [2.24, 2.45) is 5.92 Å². The van der Waals surface area contributed by atoms with Crippen LogP contribution >= 0.6 is 0 Å². The van der Waals surface area contributed by atoms with Gasteiger partial charge in [0.1, 0.15) is 5.52 Å². The first-order valence-corrected chi connectivity index (χ1v) is 12.0. The molecule has 2 aromatic heterocycles. The lowest BCUT2D eigenvalue weighted by Gasteiger charge is -2.39. The Kier molecular flexibility index (Phi) is 6.19. The SMILES string of the molecule is C=CC(=O)N1CCN([C@H](CC2CC2)c2ccc([C@H](C)Nc3ncc4[nH]c(=O)[nH]c4n3)cc2)CC1. The molecule has 0 unspecified atom stereocenters. The quantitative estimate of drug-likeness (QED) is 0.445. The molecule has 5 rings (SSSR count). The highest BCUT2D eigenvalue weighted by Gasteiger charge is 2.32. The number of aromatic nitrogens is 4. The third-order valence-corrected chi connectivity index (χ3v) is 6.93. The molecule has 9 heteroatoms. The zero-order chi connectivity index (χ0) is 23.7. The number of benzene rings is 1. The molecule has 2 fully saturated rings. The summed E-state index contributed by atoms with van der Waals surface area (Å²) in [5, 5.41) is 3.32. The number of hydrogen-bond donors (Lipinski definition) is 3. The van der Waals surface area contributed by atoms with Gasteiger partial charge in [-0.3, -0.25) is 14.7 Å². The van der Waals surface area contributed by atoms with Crippen molar-refractivity contribution in [3.8, 4) is 0 Å². The van der Waals surface area contributed by atoms with Crippen molar-refractivity contribution in [3.05, 3.63) is 64.7 Å². The number of nitrogens with one attached hydrogen (secondary N) is 3. The maximum absolute atomic E-state index is 12.0. The Morgan fingerprint density at radius 3 is 2.56 bits per heavy atom. The normalized spacial score (nSPS) is 18.6. The van der Waals surface area contributed by atoms with Gasteiger partial charge in [-0.25, -0.2) is 9.78 Å². The standard InChI is InChI=1S/C25H31N7O2/c1-3-22(33)32-12-10-31(11-13-32)21(14-17-4-5-17)19-8-6-18(7-9-19)16(2)27-24-26-15-20-23(29-24)30-25(34)28-20/h3,6-9,15-17,21H,1,4-5,10-14H2,2H3,(H3,26,27,28,29,30,34)/t16-,21+/m0/s1. The zero-order valence-corrected chi connectivity index (χ0v) is 19.5. The Labute approximate surface area is 198 Å². The van der Waals surface area contributed by atoms with Crippen LogP contribution < -0.4 is 11.0 Å². The van der Waals surface area contributed by atoms with Gasteiger partial charge in [0.25, 0.3) is 0 Å². The number of amides is 1. The van der Waals surface area contributed by atoms with Crippen LogP contribution in [0.5, 0.6) is 0 Å². The predicted molar refractivity (Wildman–Crippen MR) is 131 cm³/mol. The van der Waals surface area contributed by atoms with Gasteiger partial charge in [0.15, 0.2) is 5.65 Å². The number of imidazole rings is 1. The Morgan fingerprint density at radius 1 is 1.18 bits per heavy atom. The van der Waals surface area contributed by atoms with E-state index in [0.29, 0.717) is 23.2 Å². The van der Waals surface area contributed by atoms with E-state index in [0.717, 1.165) is 37.7 Å². The summed E-state index contributed by atoms with van der Waals surface area (Å²) in [7, 11) is 0. The van der Waals surface area contributed by atoms with Crippen LogP contribution in [-0.4, -0.2) is 61.8 Å². The highest BCUT2D eigenvalue weighted by molar-refractivity contribution is 5.87. The molecule has 9 nitrogen and oxygen atoms in total. The molecule has 3 aromatic rings. The molecule has 34 heavy (non-hydrogen) atoms. The van der Waals surface area contributed by atoms with E-state index >= 15 is 0 Å². The van der Waals surface area contributed by atoms with Crippen molar-refractivity contribution in [2.45, 2.75) is 38.3 Å². The molecule has 2 aliphatic rings. The lowest BCUT2D eigenvalue weighted by atomic mass is 9.96. The third kappa shape index (κ3) is 4.89. The molecule has 1 saturated heterocycles. The van der Waals surface area contributed by atoms with Crippen molar-refractivity contribution < 1.29 is 4.79 Å². The van der Waals surface area contributed by atoms with Gasteiger partial charge in [-0.1, -0.05) is 43.7 Å². The summed E-state index contributed by atoms with van der Waals surface area (Å²) in [4.78, 5) is 41.8. The Bertz CT molecular complexity index is 1220. The zero-order valence-electron chi connectivity index (χ0n) is 19.5. The minimum atomic E-state index is -0.292. The molecule has 0 spiro atoms. The monoisotopic (exact) mass is 461 g/mol. The number of aromatic amines is 2. The van der Waals surface area contributed by atoms with Gasteiger partial charge < -0.3 is 15.2 Å². The van der Waals surface area contributed by atoms with E-state index in [-0.39, 0.29) is 17.6 Å². The number of carbonyl (C=O) groups excluding carboxylic acids is 1. The first kappa shape index (κ1) is 22.3. The third-order valence-electron chi connectivity index (χ3n) is 6.93. The number of piperazine rings is 1. The summed E-state index contributed by atoms with van der Waals surface area (Å²) >= 11 is 0. The van der Waals surface area contributed by atoms with Crippen molar-refractivity contribution in [1.82, 2.24) is 29.7 Å². The second-order valence-corrected chi connectivity index (χ2v) is 9.33. The summed E-state index contributed by atoms with van der Waals surface area (Å²) in [5.41, 5.74) is 3.25. The summed E-state index contributed by atoms with van der Waals surface area (Å²) in [6, 6.07) is 9.18. The first-order chi connectivity index (χ1) is 16.5. The number of hydrogen-bond acceptors (Lipinski definition) is 6. The molecule has 3 heterocycles. The maximum Gasteiger partial charge on any atom is 0.325 e. The second kappa shape index (κ2) is 9.42. The van der Waals surface area contributed by atoms with Crippen LogP contribution in [0.15, 0.2) is 47.9 Å². The number of anilines is 1. The van der Waals surface area contributed by atoms with Crippen LogP contribution in [0, 0.1) is 5.92 Å². The molecular weight excluding hydrogens is 430 g/mol. The maximum atomic E-state index is 12.0. The fraction of sp³-hybridized carbons (Fsp3) is 0.440. The van der Waals surface area contributed by atoms with Crippen molar-refractivity contribution in [2.75, 3.05) is 31.5 Å². The van der Waals surface area contributed by atoms with Crippen LogP contribution in [0.3, 0.4) is 0 Å². The largest absolute Gasteiger partial charge is 0.348 e. The van der Waals surface area contributed by atoms with E-state index in [1.807, 2.05) is 4.90 Å². The van der Waals surface area contributed by atoms with Gasteiger partial charge in [-0.15, -0.1) is 0 Å². The van der Waals surface area contributed by atoms with E-state index < -0.39 is 0 Å². The van der Waals surface area contributed by atoms with Gasteiger partial charge in [0.05, 0.1) is 12.2 Å². The van der Waals surface area contributed by atoms with Gasteiger partial charge in [0.2, 0.25) is 11.9 Å². The molecule has 1 amide bonds. The topological polar surface area (TPSA) is 110 Å². The van der Waals surface area contributed by atoms with E-state index in [2.05, 4.69) is 67.9 Å². The van der Waals surface area contributed by atoms with Crippen molar-refractivity contribution >= 4 is 23.0 Å². The van der Waals surface area contributed by atoms with E-state index in [1.54, 1.807) is 6.20 Å². The lowest BCUT2D eigenvalue weighted by molar-refractivity contribution is -0.128. The van der Waals surface area contributed by atoms with Gasteiger partial charge in [-0.2, -0.15) is 4.98 Å². The van der Waals surface area contributed by atoms with Crippen molar-refractivity contribution in [1.29, 1.82) is 0 Å². The fourth-order valence-corrected chi connectivity index (χ4v) is 4.73. The molecule has 1 aliphatic heterocycles. The highest BCUT2D eigenvalue weighted by atomic mass is 16.2. The molecule has 0 bridgehead atoms. The Hall–Kier alpha value is -3.46. The number of H-pyrrole nitrogens is 2. The van der Waals surface area contributed by atoms with Gasteiger partial charge in [-0.05, 0) is 36.5 Å². The minimum Gasteiger partial charge on any atom is -0.348 e. The molecular formula is C25H31N7O2. The van der Waals surface area contributed by atoms with Crippen LogP contribution in [0.4, 0.5) is 5.95 Å². The van der Waals surface area contributed by atoms with Crippen LogP contribution in [0.25, 0.3) is 11.2 Å². The second-order valence-electron chi connectivity index (χ2n) is 9.33. The summed E-state index contributed by atoms with van der Waals surface area (Å²) in [5.74, 6) is 1.30. The summed E-state index contributed by atoms with van der Waals surface area (Å²) in [6.45, 7) is 8.96. The first-order valence-electron chi connectivity index (χ1n) is 12.0. The summed E-state index contributed by atoms with van der Waals surface area (Å²) < 4.78 is 0. The van der Waals surface area contributed by atoms with Crippen molar-refractivity contribution in [3.63, 3.8) is 0 Å². The molecule has 2 atom stereocenters. The van der Waals surface area contributed by atoms with Crippen LogP contribution in [0.2, 0.25) is 0 Å². The number of nitrogens with zero attached hydrogens (tertiary/aromatic N) is 4. The average molecular weight is 462 g/mol. The molecule has 0 radical (unpaired) electrons. The highest BCUT2D eigenvalue weighted by Crippen LogP contribution is 2.40. The molecule has 3 N–H and O–H groups in total. The van der Waals surface area contributed by atoms with E-state index in [1.165, 1.54) is 30.9 Å². The molecule has 178 valence electrons. The Morgan fingerprint density at radius 2 is 1.88 bits per heavy atom. The predicted octanol–water partition coefficient (Wildman–Crippen LogP) is 2.99. The Balaban J connectivity index is 1.27. The fourth-order valence-electron chi connectivity index (χ4n) is 4.73. The van der Waals surface area contributed by atoms with Crippen LogP contribution in [-0.2, 0) is 4.79 Å². The number of carbonyl (C=O) groups is 1. The smallest absolute Gasteiger partial charge is 0.325 e. The van der Waals surface area contributed by atoms with E-state index in [9.17, 15) is 9.59 Å². The minimum absolute atomic E-state index is 0.00695. The van der Waals surface area contributed by atoms with E-state index in [4.69, 9.17) is 0 Å².